The van der Waals surface area contributed by atoms with Gasteiger partial charge < -0.3 is 11.1 Å². The SMILES string of the molecule is CNC(=O)C1CCCN1C(c1ccc(C)s1)C(C)N. The summed E-state index contributed by atoms with van der Waals surface area (Å²) in [6.45, 7) is 5.08. The van der Waals surface area contributed by atoms with Crippen molar-refractivity contribution in [2.75, 3.05) is 13.6 Å². The highest BCUT2D eigenvalue weighted by atomic mass is 32.1. The van der Waals surface area contributed by atoms with Crippen LogP contribution in [0.5, 0.6) is 0 Å². The van der Waals surface area contributed by atoms with Crippen LogP contribution in [0, 0.1) is 6.92 Å². The van der Waals surface area contributed by atoms with Gasteiger partial charge in [0, 0.05) is 22.8 Å². The van der Waals surface area contributed by atoms with E-state index in [1.807, 2.05) is 6.92 Å². The summed E-state index contributed by atoms with van der Waals surface area (Å²) >= 11 is 1.78. The summed E-state index contributed by atoms with van der Waals surface area (Å²) in [6.07, 6.45) is 1.99. The van der Waals surface area contributed by atoms with E-state index < -0.39 is 0 Å². The van der Waals surface area contributed by atoms with E-state index in [1.54, 1.807) is 18.4 Å². The van der Waals surface area contributed by atoms with E-state index in [2.05, 4.69) is 29.3 Å². The molecule has 1 fully saturated rings. The number of thiophene rings is 1. The Morgan fingerprint density at radius 3 is 2.84 bits per heavy atom. The van der Waals surface area contributed by atoms with Crippen molar-refractivity contribution in [3.05, 3.63) is 21.9 Å². The van der Waals surface area contributed by atoms with Crippen LogP contribution < -0.4 is 11.1 Å². The van der Waals surface area contributed by atoms with E-state index in [4.69, 9.17) is 5.73 Å². The van der Waals surface area contributed by atoms with Gasteiger partial charge in [-0.25, -0.2) is 0 Å². The molecule has 1 amide bonds. The largest absolute Gasteiger partial charge is 0.358 e. The van der Waals surface area contributed by atoms with Crippen LogP contribution in [0.3, 0.4) is 0 Å². The quantitative estimate of drug-likeness (QED) is 0.882. The molecule has 3 atom stereocenters. The summed E-state index contributed by atoms with van der Waals surface area (Å²) in [6, 6.07) is 4.39. The minimum absolute atomic E-state index is 0.0170. The summed E-state index contributed by atoms with van der Waals surface area (Å²) < 4.78 is 0. The molecule has 3 unspecified atom stereocenters. The molecular weight excluding hydrogens is 258 g/mol. The summed E-state index contributed by atoms with van der Waals surface area (Å²) in [5.41, 5.74) is 6.19. The number of carbonyl (C=O) groups excluding carboxylic acids is 1. The van der Waals surface area contributed by atoms with Crippen LogP contribution in [0.1, 0.15) is 35.6 Å². The average Bonchev–Trinajstić information content (AvgIpc) is 2.98. The Kier molecular flexibility index (Phi) is 4.60. The minimum atomic E-state index is -0.0385. The number of likely N-dealkylation sites (N-methyl/N-ethyl adjacent to an activating group) is 1. The lowest BCUT2D eigenvalue weighted by Crippen LogP contribution is -2.47. The number of likely N-dealkylation sites (tertiary alicyclic amines) is 1. The Labute approximate surface area is 119 Å². The lowest BCUT2D eigenvalue weighted by atomic mass is 10.1. The molecule has 2 rings (SSSR count). The normalized spacial score (nSPS) is 23.3. The zero-order valence-electron chi connectivity index (χ0n) is 11.8. The first kappa shape index (κ1) is 14.5. The lowest BCUT2D eigenvalue weighted by molar-refractivity contribution is -0.125. The maximum absolute atomic E-state index is 12.0. The molecule has 106 valence electrons. The molecule has 0 bridgehead atoms. The van der Waals surface area contributed by atoms with Crippen LogP contribution in [0.2, 0.25) is 0 Å². The Bertz CT molecular complexity index is 444. The second-order valence-electron chi connectivity index (χ2n) is 5.26. The highest BCUT2D eigenvalue weighted by molar-refractivity contribution is 7.12. The number of rotatable bonds is 4. The first-order valence-corrected chi connectivity index (χ1v) is 7.65. The topological polar surface area (TPSA) is 58.4 Å². The fraction of sp³-hybridized carbons (Fsp3) is 0.643. The Morgan fingerprint density at radius 1 is 1.58 bits per heavy atom. The molecule has 1 aromatic heterocycles. The van der Waals surface area contributed by atoms with E-state index in [9.17, 15) is 4.79 Å². The molecule has 1 aromatic rings. The fourth-order valence-electron chi connectivity index (χ4n) is 2.91. The first-order chi connectivity index (χ1) is 9.04. The number of nitrogens with one attached hydrogen (secondary N) is 1. The maximum atomic E-state index is 12.0. The van der Waals surface area contributed by atoms with E-state index >= 15 is 0 Å². The third-order valence-corrected chi connectivity index (χ3v) is 4.82. The number of hydrogen-bond acceptors (Lipinski definition) is 4. The van der Waals surface area contributed by atoms with Crippen LogP contribution in [0.4, 0.5) is 0 Å². The lowest BCUT2D eigenvalue weighted by Gasteiger charge is -2.34. The van der Waals surface area contributed by atoms with Gasteiger partial charge in [-0.15, -0.1) is 11.3 Å². The molecule has 0 aromatic carbocycles. The summed E-state index contributed by atoms with van der Waals surface area (Å²) in [5, 5.41) is 2.77. The van der Waals surface area contributed by atoms with Gasteiger partial charge >= 0.3 is 0 Å². The van der Waals surface area contributed by atoms with E-state index in [-0.39, 0.29) is 24.0 Å². The van der Waals surface area contributed by atoms with Gasteiger partial charge in [-0.05, 0) is 45.4 Å². The van der Waals surface area contributed by atoms with Crippen molar-refractivity contribution in [3.63, 3.8) is 0 Å². The van der Waals surface area contributed by atoms with Crippen LogP contribution in [-0.2, 0) is 4.79 Å². The van der Waals surface area contributed by atoms with Gasteiger partial charge in [0.05, 0.1) is 12.1 Å². The molecule has 5 heteroatoms. The smallest absolute Gasteiger partial charge is 0.237 e. The Hall–Kier alpha value is -0.910. The van der Waals surface area contributed by atoms with Crippen molar-refractivity contribution < 1.29 is 4.79 Å². The van der Waals surface area contributed by atoms with E-state index in [0.29, 0.717) is 0 Å². The van der Waals surface area contributed by atoms with Crippen molar-refractivity contribution >= 4 is 17.2 Å². The number of nitrogens with zero attached hydrogens (tertiary/aromatic N) is 1. The van der Waals surface area contributed by atoms with Gasteiger partial charge in [-0.1, -0.05) is 0 Å². The van der Waals surface area contributed by atoms with Crippen molar-refractivity contribution in [3.8, 4) is 0 Å². The number of nitrogens with two attached hydrogens (primary N) is 1. The predicted octanol–water partition coefficient (Wildman–Crippen LogP) is 1.66. The molecule has 3 N–H and O–H groups in total. The van der Waals surface area contributed by atoms with Crippen molar-refractivity contribution in [1.82, 2.24) is 10.2 Å². The minimum Gasteiger partial charge on any atom is -0.358 e. The van der Waals surface area contributed by atoms with E-state index in [0.717, 1.165) is 19.4 Å². The molecule has 0 spiro atoms. The number of carbonyl (C=O) groups is 1. The highest BCUT2D eigenvalue weighted by Crippen LogP contribution is 2.34. The third-order valence-electron chi connectivity index (χ3n) is 3.75. The molecule has 4 nitrogen and oxygen atoms in total. The predicted molar refractivity (Wildman–Crippen MR) is 79.2 cm³/mol. The standard InChI is InChI=1S/C14H23N3OS/c1-9-6-7-12(19-9)13(10(2)15)17-8-4-5-11(17)14(18)16-3/h6-7,10-11,13H,4-5,8,15H2,1-3H3,(H,16,18). The van der Waals surface area contributed by atoms with Crippen molar-refractivity contribution in [2.24, 2.45) is 5.73 Å². The maximum Gasteiger partial charge on any atom is 0.237 e. The van der Waals surface area contributed by atoms with Gasteiger partial charge in [0.1, 0.15) is 0 Å². The second-order valence-corrected chi connectivity index (χ2v) is 6.58. The molecule has 1 aliphatic rings. The monoisotopic (exact) mass is 281 g/mol. The molecule has 19 heavy (non-hydrogen) atoms. The van der Waals surface area contributed by atoms with E-state index in [1.165, 1.54) is 9.75 Å². The van der Waals surface area contributed by atoms with Gasteiger partial charge in [-0.3, -0.25) is 9.69 Å². The molecule has 1 saturated heterocycles. The van der Waals surface area contributed by atoms with Gasteiger partial charge in [0.25, 0.3) is 0 Å². The average molecular weight is 281 g/mol. The van der Waals surface area contributed by atoms with Crippen LogP contribution in [-0.4, -0.2) is 36.5 Å². The van der Waals surface area contributed by atoms with Crippen LogP contribution >= 0.6 is 11.3 Å². The number of aryl methyl sites for hydroxylation is 1. The number of amides is 1. The first-order valence-electron chi connectivity index (χ1n) is 6.84. The van der Waals surface area contributed by atoms with Crippen molar-refractivity contribution in [1.29, 1.82) is 0 Å². The van der Waals surface area contributed by atoms with Gasteiger partial charge in [0.2, 0.25) is 5.91 Å². The second kappa shape index (κ2) is 6.03. The third kappa shape index (κ3) is 2.99. The Balaban J connectivity index is 2.26. The number of hydrogen-bond donors (Lipinski definition) is 2. The van der Waals surface area contributed by atoms with Crippen LogP contribution in [0.25, 0.3) is 0 Å². The summed E-state index contributed by atoms with van der Waals surface area (Å²) in [4.78, 5) is 16.8. The molecule has 0 radical (unpaired) electrons. The molecule has 1 aliphatic heterocycles. The van der Waals surface area contributed by atoms with Crippen LogP contribution in [0.15, 0.2) is 12.1 Å². The van der Waals surface area contributed by atoms with Gasteiger partial charge in [-0.2, -0.15) is 0 Å². The zero-order valence-corrected chi connectivity index (χ0v) is 12.7. The van der Waals surface area contributed by atoms with Gasteiger partial charge in [0.15, 0.2) is 0 Å². The summed E-state index contributed by atoms with van der Waals surface area (Å²) in [7, 11) is 1.70. The molecule has 0 aliphatic carbocycles. The highest BCUT2D eigenvalue weighted by Gasteiger charge is 2.37. The molecular formula is C14H23N3OS. The molecule has 0 saturated carbocycles. The van der Waals surface area contributed by atoms with Crippen molar-refractivity contribution in [2.45, 2.75) is 44.8 Å². The zero-order chi connectivity index (χ0) is 14.0. The fourth-order valence-corrected chi connectivity index (χ4v) is 4.02. The molecule has 2 heterocycles. The Morgan fingerprint density at radius 2 is 2.32 bits per heavy atom. The summed E-state index contributed by atoms with van der Waals surface area (Å²) in [5.74, 6) is 0.108.